The lowest BCUT2D eigenvalue weighted by molar-refractivity contribution is -0.132. The average Bonchev–Trinajstić information content (AvgIpc) is 3.35. The van der Waals surface area contributed by atoms with Gasteiger partial charge in [0.05, 0.1) is 0 Å². The smallest absolute Gasteiger partial charge is 0.260 e. The maximum absolute atomic E-state index is 11.9. The van der Waals surface area contributed by atoms with E-state index < -0.39 is 0 Å². The van der Waals surface area contributed by atoms with E-state index in [0.717, 1.165) is 31.6 Å². The van der Waals surface area contributed by atoms with Gasteiger partial charge in [-0.25, -0.2) is 0 Å². The number of carbonyl (C=O) groups excluding carboxylic acids is 1. The fourth-order valence-corrected chi connectivity index (χ4v) is 2.43. The number of nitrogens with one attached hydrogen (secondary N) is 2. The number of nitrogens with zero attached hydrogens (tertiary/aromatic N) is 5. The highest BCUT2D eigenvalue weighted by Crippen LogP contribution is 2.17. The third-order valence-electron chi connectivity index (χ3n) is 3.77. The molecule has 1 aromatic carbocycles. The number of likely N-dealkylation sites (tertiary alicyclic amines) is 1. The van der Waals surface area contributed by atoms with Gasteiger partial charge in [0.15, 0.2) is 6.61 Å². The summed E-state index contributed by atoms with van der Waals surface area (Å²) in [6, 6.07) is 9.09. The third-order valence-corrected chi connectivity index (χ3v) is 3.77. The van der Waals surface area contributed by atoms with Crippen LogP contribution in [-0.4, -0.2) is 51.1 Å². The number of hydrogen-bond acceptors (Lipinski definition) is 7. The number of amides is 1. The Morgan fingerprint density at radius 2 is 2.12 bits per heavy atom. The predicted molar refractivity (Wildman–Crippen MR) is 89.1 cm³/mol. The number of H-pyrrole nitrogens is 1. The number of carbonyl (C=O) groups is 1. The number of anilines is 1. The minimum atomic E-state index is 0.0152. The molecule has 2 heterocycles. The number of nitriles is 1. The number of ether oxygens (including phenoxy) is 1. The molecule has 1 amide bonds. The van der Waals surface area contributed by atoms with Crippen molar-refractivity contribution in [3.8, 4) is 11.8 Å². The van der Waals surface area contributed by atoms with Gasteiger partial charge in [0, 0.05) is 25.0 Å². The maximum Gasteiger partial charge on any atom is 0.260 e. The molecule has 0 aliphatic carbocycles. The summed E-state index contributed by atoms with van der Waals surface area (Å²) >= 11 is 0. The summed E-state index contributed by atoms with van der Waals surface area (Å²) in [5, 5.41) is 25.3. The van der Waals surface area contributed by atoms with Gasteiger partial charge in [-0.2, -0.15) is 10.5 Å². The molecule has 3 rings (SSSR count). The standard InChI is InChI=1S/C16H17N7O2/c17-9-12(16-19-21-22-20-16)10-18-13-3-5-14(6-4-13)25-11-15(24)23-7-1-2-8-23/h3-6,10,18H,1-2,7-8,11H2,(H,19,20,21,22). The van der Waals surface area contributed by atoms with Gasteiger partial charge < -0.3 is 15.0 Å². The van der Waals surface area contributed by atoms with Gasteiger partial charge in [0.2, 0.25) is 5.82 Å². The van der Waals surface area contributed by atoms with Crippen LogP contribution >= 0.6 is 0 Å². The highest BCUT2D eigenvalue weighted by molar-refractivity contribution is 5.78. The van der Waals surface area contributed by atoms with E-state index >= 15 is 0 Å². The number of benzene rings is 1. The molecule has 1 aliphatic rings. The van der Waals surface area contributed by atoms with Crippen molar-refractivity contribution in [2.75, 3.05) is 25.0 Å². The number of hydrogen-bond donors (Lipinski definition) is 2. The second-order valence-corrected chi connectivity index (χ2v) is 5.45. The van der Waals surface area contributed by atoms with E-state index in [1.165, 1.54) is 6.20 Å². The normalized spacial score (nSPS) is 14.2. The summed E-state index contributed by atoms with van der Waals surface area (Å²) in [5.74, 6) is 0.845. The number of tetrazole rings is 1. The van der Waals surface area contributed by atoms with Gasteiger partial charge >= 0.3 is 0 Å². The molecule has 0 unspecified atom stereocenters. The number of aromatic nitrogens is 4. The first kappa shape index (κ1) is 16.4. The maximum atomic E-state index is 11.9. The van der Waals surface area contributed by atoms with Crippen molar-refractivity contribution in [1.82, 2.24) is 25.5 Å². The number of rotatable bonds is 6. The van der Waals surface area contributed by atoms with Crippen LogP contribution in [-0.2, 0) is 4.79 Å². The molecule has 0 spiro atoms. The molecule has 0 atom stereocenters. The van der Waals surface area contributed by atoms with E-state index in [1.807, 2.05) is 11.0 Å². The lowest BCUT2D eigenvalue weighted by Crippen LogP contribution is -2.32. The topological polar surface area (TPSA) is 120 Å². The summed E-state index contributed by atoms with van der Waals surface area (Å²) in [7, 11) is 0. The first-order valence-corrected chi connectivity index (χ1v) is 7.87. The van der Waals surface area contributed by atoms with E-state index in [9.17, 15) is 4.79 Å². The molecule has 0 radical (unpaired) electrons. The molecule has 2 aromatic rings. The second-order valence-electron chi connectivity index (χ2n) is 5.45. The first-order valence-electron chi connectivity index (χ1n) is 7.87. The Balaban J connectivity index is 1.53. The quantitative estimate of drug-likeness (QED) is 0.758. The van der Waals surface area contributed by atoms with Crippen LogP contribution in [0.3, 0.4) is 0 Å². The van der Waals surface area contributed by atoms with Gasteiger partial charge in [-0.05, 0) is 42.3 Å². The molecule has 25 heavy (non-hydrogen) atoms. The molecule has 0 saturated carbocycles. The Labute approximate surface area is 144 Å². The predicted octanol–water partition coefficient (Wildman–Crippen LogP) is 1.18. The van der Waals surface area contributed by atoms with Crippen LogP contribution in [0.1, 0.15) is 18.7 Å². The SMILES string of the molecule is N#CC(=CNc1ccc(OCC(=O)N2CCCC2)cc1)c1nn[nH]n1. The average molecular weight is 339 g/mol. The van der Waals surface area contributed by atoms with Gasteiger partial charge in [0.25, 0.3) is 5.91 Å². The molecule has 1 aromatic heterocycles. The summed E-state index contributed by atoms with van der Waals surface area (Å²) < 4.78 is 5.52. The van der Waals surface area contributed by atoms with Crippen molar-refractivity contribution in [2.24, 2.45) is 0 Å². The van der Waals surface area contributed by atoms with E-state index in [-0.39, 0.29) is 23.9 Å². The van der Waals surface area contributed by atoms with Crippen LogP contribution in [0.5, 0.6) is 5.75 Å². The molecule has 1 aliphatic heterocycles. The fourth-order valence-electron chi connectivity index (χ4n) is 2.43. The zero-order chi connectivity index (χ0) is 17.5. The lowest BCUT2D eigenvalue weighted by Gasteiger charge is -2.15. The highest BCUT2D eigenvalue weighted by Gasteiger charge is 2.17. The molecule has 9 nitrogen and oxygen atoms in total. The van der Waals surface area contributed by atoms with E-state index in [0.29, 0.717) is 5.75 Å². The summed E-state index contributed by atoms with van der Waals surface area (Å²) in [4.78, 5) is 13.8. The van der Waals surface area contributed by atoms with Crippen molar-refractivity contribution < 1.29 is 9.53 Å². The van der Waals surface area contributed by atoms with Crippen molar-refractivity contribution >= 4 is 17.2 Å². The summed E-state index contributed by atoms with van der Waals surface area (Å²) in [5.41, 5.74) is 1.01. The van der Waals surface area contributed by atoms with Crippen LogP contribution in [0.25, 0.3) is 5.57 Å². The molecule has 1 saturated heterocycles. The molecule has 128 valence electrons. The van der Waals surface area contributed by atoms with E-state index in [4.69, 9.17) is 10.00 Å². The zero-order valence-electron chi connectivity index (χ0n) is 13.5. The third kappa shape index (κ3) is 4.32. The fraction of sp³-hybridized carbons (Fsp3) is 0.312. The number of aromatic amines is 1. The molecule has 2 N–H and O–H groups in total. The van der Waals surface area contributed by atoms with Gasteiger partial charge in [-0.1, -0.05) is 0 Å². The zero-order valence-corrected chi connectivity index (χ0v) is 13.5. The van der Waals surface area contributed by atoms with Crippen LogP contribution in [0, 0.1) is 11.3 Å². The van der Waals surface area contributed by atoms with Gasteiger partial charge in [-0.3, -0.25) is 4.79 Å². The Hall–Kier alpha value is -3.41. The Morgan fingerprint density at radius 1 is 1.36 bits per heavy atom. The van der Waals surface area contributed by atoms with Gasteiger partial charge in [-0.15, -0.1) is 10.2 Å². The van der Waals surface area contributed by atoms with Crippen molar-refractivity contribution in [1.29, 1.82) is 5.26 Å². The molecule has 1 fully saturated rings. The Kier molecular flexibility index (Phi) is 5.21. The molecular weight excluding hydrogens is 322 g/mol. The minimum absolute atomic E-state index is 0.0152. The van der Waals surface area contributed by atoms with Crippen LogP contribution in [0.2, 0.25) is 0 Å². The Bertz CT molecular complexity index is 772. The van der Waals surface area contributed by atoms with Gasteiger partial charge in [0.1, 0.15) is 17.4 Å². The van der Waals surface area contributed by atoms with Crippen LogP contribution in [0.4, 0.5) is 5.69 Å². The summed E-state index contributed by atoms with van der Waals surface area (Å²) in [6.07, 6.45) is 3.62. The van der Waals surface area contributed by atoms with E-state index in [2.05, 4.69) is 25.9 Å². The lowest BCUT2D eigenvalue weighted by atomic mass is 10.3. The first-order chi connectivity index (χ1) is 12.3. The van der Waals surface area contributed by atoms with Crippen LogP contribution in [0.15, 0.2) is 30.5 Å². The van der Waals surface area contributed by atoms with Crippen molar-refractivity contribution in [3.05, 3.63) is 36.3 Å². The Morgan fingerprint density at radius 3 is 2.76 bits per heavy atom. The summed E-state index contributed by atoms with van der Waals surface area (Å²) in [6.45, 7) is 1.68. The van der Waals surface area contributed by atoms with Crippen molar-refractivity contribution in [2.45, 2.75) is 12.8 Å². The number of allylic oxidation sites excluding steroid dienone is 1. The molecular formula is C16H17N7O2. The largest absolute Gasteiger partial charge is 0.484 e. The van der Waals surface area contributed by atoms with Crippen molar-refractivity contribution in [3.63, 3.8) is 0 Å². The molecule has 0 bridgehead atoms. The van der Waals surface area contributed by atoms with E-state index in [1.54, 1.807) is 24.3 Å². The monoisotopic (exact) mass is 339 g/mol. The van der Waals surface area contributed by atoms with Crippen LogP contribution < -0.4 is 10.1 Å². The second kappa shape index (κ2) is 7.92. The highest BCUT2D eigenvalue weighted by atomic mass is 16.5. The minimum Gasteiger partial charge on any atom is -0.484 e. The molecule has 9 heteroatoms.